The van der Waals surface area contributed by atoms with Gasteiger partial charge in [-0.15, -0.1) is 0 Å². The molecule has 0 bridgehead atoms. The molecule has 1 fully saturated rings. The number of Topliss-reactive ketones (excluding diaryl/α,β-unsaturated/α-hetero) is 1. The lowest BCUT2D eigenvalue weighted by Gasteiger charge is -2.50. The number of aliphatic hydroxyl groups is 4. The fraction of sp³-hybridized carbons (Fsp3) is 0.875. The molecule has 1 rings (SSSR count). The number of hydrogen-bond donors (Lipinski definition) is 7. The lowest BCUT2D eigenvalue weighted by atomic mass is 9.87. The summed E-state index contributed by atoms with van der Waals surface area (Å²) in [4.78, 5) is 28.9. The molecule has 1 aliphatic rings. The largest absolute Gasteiger partial charge is 0.472 e. The summed E-state index contributed by atoms with van der Waals surface area (Å²) in [6, 6.07) is -1.82. The number of phosphoric acid groups is 1. The van der Waals surface area contributed by atoms with Gasteiger partial charge in [0, 0.05) is 6.92 Å². The Balaban J connectivity index is 3.30. The van der Waals surface area contributed by atoms with E-state index in [0.717, 1.165) is 6.92 Å². The van der Waals surface area contributed by atoms with Gasteiger partial charge >= 0.3 is 7.82 Å². The third-order valence-corrected chi connectivity index (χ3v) is 3.47. The van der Waals surface area contributed by atoms with Gasteiger partial charge in [0.1, 0.15) is 18.8 Å². The predicted molar refractivity (Wildman–Crippen MR) is 59.7 cm³/mol. The Labute approximate surface area is 112 Å². The smallest absolute Gasteiger partial charge is 0.391 e. The first-order chi connectivity index (χ1) is 8.89. The Bertz CT molecular complexity index is 439. The van der Waals surface area contributed by atoms with Crippen molar-refractivity contribution in [1.82, 2.24) is 0 Å². The number of carbonyl (C=O) groups excluding carboxylic acids is 1. The van der Waals surface area contributed by atoms with Crippen molar-refractivity contribution in [3.63, 3.8) is 0 Å². The van der Waals surface area contributed by atoms with Gasteiger partial charge in [0.15, 0.2) is 5.78 Å². The van der Waals surface area contributed by atoms with Crippen molar-refractivity contribution in [3.05, 3.63) is 0 Å². The monoisotopic (exact) mass is 317 g/mol. The van der Waals surface area contributed by atoms with E-state index in [1.54, 1.807) is 0 Å². The summed E-state index contributed by atoms with van der Waals surface area (Å²) in [6.07, 6.45) is -4.29. The molecule has 0 saturated carbocycles. The zero-order chi connectivity index (χ0) is 15.9. The van der Waals surface area contributed by atoms with Crippen molar-refractivity contribution in [3.8, 4) is 0 Å². The molecule has 1 heterocycles. The molecule has 1 saturated heterocycles. The average molecular weight is 317 g/mol. The van der Waals surface area contributed by atoms with Gasteiger partial charge in [-0.3, -0.25) is 4.79 Å². The van der Waals surface area contributed by atoms with E-state index in [-0.39, 0.29) is 0 Å². The summed E-state index contributed by atoms with van der Waals surface area (Å²) in [5.74, 6) is -6.95. The fourth-order valence-electron chi connectivity index (χ4n) is 1.81. The molecule has 5 atom stereocenters. The minimum Gasteiger partial charge on any atom is -0.391 e. The Morgan fingerprint density at radius 1 is 1.45 bits per heavy atom. The van der Waals surface area contributed by atoms with Gasteiger partial charge in [-0.25, -0.2) is 9.09 Å². The minimum atomic E-state index is -5.31. The van der Waals surface area contributed by atoms with Crippen LogP contribution in [0.3, 0.4) is 0 Å². The van der Waals surface area contributed by atoms with Crippen molar-refractivity contribution in [2.45, 2.75) is 36.7 Å². The van der Waals surface area contributed by atoms with E-state index in [2.05, 4.69) is 9.26 Å². The van der Waals surface area contributed by atoms with Crippen LogP contribution >= 0.6 is 7.82 Å². The molecule has 1 aliphatic heterocycles. The molecule has 0 amide bonds. The van der Waals surface area contributed by atoms with Crippen molar-refractivity contribution in [2.24, 2.45) is 5.73 Å². The van der Waals surface area contributed by atoms with Crippen LogP contribution in [0.15, 0.2) is 0 Å². The van der Waals surface area contributed by atoms with Crippen molar-refractivity contribution >= 4 is 13.6 Å². The second-order valence-corrected chi connectivity index (χ2v) is 5.53. The number of ether oxygens (including phenoxy) is 1. The van der Waals surface area contributed by atoms with Gasteiger partial charge < -0.3 is 40.7 Å². The second-order valence-electron chi connectivity index (χ2n) is 4.37. The van der Waals surface area contributed by atoms with Crippen LogP contribution in [-0.2, 0) is 18.6 Å². The van der Waals surface area contributed by atoms with Crippen LogP contribution in [0.4, 0.5) is 0 Å². The molecule has 11 nitrogen and oxygen atoms in total. The highest BCUT2D eigenvalue weighted by atomic mass is 31.2. The molecule has 0 spiro atoms. The van der Waals surface area contributed by atoms with Crippen molar-refractivity contribution < 1.29 is 48.8 Å². The first-order valence-electron chi connectivity index (χ1n) is 5.32. The number of carbonyl (C=O) groups is 1. The maximum Gasteiger partial charge on any atom is 0.472 e. The maximum absolute atomic E-state index is 11.4. The predicted octanol–water partition coefficient (Wildman–Crippen LogP) is -3.86. The topological polar surface area (TPSA) is 200 Å². The van der Waals surface area contributed by atoms with Gasteiger partial charge in [0.2, 0.25) is 11.6 Å². The molecule has 12 heteroatoms. The SMILES string of the molecule is CC(=O)[C@]1(O)O[C@](CO)(OP(=O)(O)O)[C@@H](O)[C@H](O)[C@H]1N. The first kappa shape index (κ1) is 17.6. The van der Waals surface area contributed by atoms with Gasteiger partial charge in [-0.05, 0) is 0 Å². The van der Waals surface area contributed by atoms with Crippen molar-refractivity contribution in [1.29, 1.82) is 0 Å². The van der Waals surface area contributed by atoms with Crippen LogP contribution in [0.25, 0.3) is 0 Å². The molecule has 0 aromatic heterocycles. The number of nitrogens with two attached hydrogens (primary N) is 1. The van der Waals surface area contributed by atoms with E-state index in [1.165, 1.54) is 0 Å². The summed E-state index contributed by atoms with van der Waals surface area (Å²) >= 11 is 0. The summed E-state index contributed by atoms with van der Waals surface area (Å²) < 4.78 is 19.6. The lowest BCUT2D eigenvalue weighted by molar-refractivity contribution is -0.390. The van der Waals surface area contributed by atoms with Gasteiger partial charge in [-0.2, -0.15) is 0 Å². The molecule has 20 heavy (non-hydrogen) atoms. The highest BCUT2D eigenvalue weighted by molar-refractivity contribution is 7.46. The summed E-state index contributed by atoms with van der Waals surface area (Å²) in [5.41, 5.74) is 5.35. The highest BCUT2D eigenvalue weighted by Crippen LogP contribution is 2.47. The van der Waals surface area contributed by atoms with Gasteiger partial charge in [0.05, 0.1) is 6.04 Å². The Kier molecular flexibility index (Phi) is 4.74. The van der Waals surface area contributed by atoms with E-state index >= 15 is 0 Å². The zero-order valence-electron chi connectivity index (χ0n) is 10.3. The number of hydrogen-bond acceptors (Lipinski definition) is 9. The third kappa shape index (κ3) is 2.92. The molecular formula is C8H16NO10P. The lowest BCUT2D eigenvalue weighted by Crippen LogP contribution is -2.75. The van der Waals surface area contributed by atoms with Crippen molar-refractivity contribution in [2.75, 3.05) is 6.61 Å². The Hall–Kier alpha value is -0.460. The van der Waals surface area contributed by atoms with E-state index in [1.807, 2.05) is 0 Å². The van der Waals surface area contributed by atoms with E-state index < -0.39 is 50.0 Å². The van der Waals surface area contributed by atoms with Crippen LogP contribution < -0.4 is 5.73 Å². The Morgan fingerprint density at radius 2 is 1.95 bits per heavy atom. The number of aliphatic hydroxyl groups excluding tert-OH is 3. The van der Waals surface area contributed by atoms with E-state index in [0.29, 0.717) is 0 Å². The molecule has 118 valence electrons. The molecule has 8 N–H and O–H groups in total. The van der Waals surface area contributed by atoms with Gasteiger partial charge in [0.25, 0.3) is 0 Å². The quantitative estimate of drug-likeness (QED) is 0.250. The van der Waals surface area contributed by atoms with Crippen LogP contribution in [0.5, 0.6) is 0 Å². The van der Waals surface area contributed by atoms with Gasteiger partial charge in [-0.1, -0.05) is 0 Å². The maximum atomic E-state index is 11.4. The van der Waals surface area contributed by atoms with E-state index in [4.69, 9.17) is 20.6 Å². The molecule has 0 radical (unpaired) electrons. The highest BCUT2D eigenvalue weighted by Gasteiger charge is 2.63. The zero-order valence-corrected chi connectivity index (χ0v) is 11.2. The fourth-order valence-corrected chi connectivity index (χ4v) is 2.42. The standard InChI is InChI=1S/C8H16NO10P/c1-3(11)8(14)5(9)4(12)6(13)7(2-10,18-8)19-20(15,16)17/h4-6,10,12-14H,2,9H2,1H3,(H2,15,16,17)/t4-,5-,6+,7-,8+/m1/s1. The average Bonchev–Trinajstić information content (AvgIpc) is 2.31. The first-order valence-corrected chi connectivity index (χ1v) is 6.85. The van der Waals surface area contributed by atoms with Crippen LogP contribution in [0, 0.1) is 0 Å². The number of phosphoric ester groups is 1. The molecule has 0 aromatic rings. The van der Waals surface area contributed by atoms with E-state index in [9.17, 15) is 24.7 Å². The molecule has 0 aromatic carbocycles. The minimum absolute atomic E-state index is 0.823. The normalized spacial score (nSPS) is 42.5. The van der Waals surface area contributed by atoms with Crippen LogP contribution in [0.1, 0.15) is 6.92 Å². The summed E-state index contributed by atoms with van der Waals surface area (Å²) in [6.45, 7) is -0.553. The van der Waals surface area contributed by atoms with Crippen LogP contribution in [-0.4, -0.2) is 72.4 Å². The number of rotatable bonds is 4. The van der Waals surface area contributed by atoms with Crippen LogP contribution in [0.2, 0.25) is 0 Å². The molecule has 0 aliphatic carbocycles. The summed E-state index contributed by atoms with van der Waals surface area (Å²) in [7, 11) is -5.31. The molecule has 0 unspecified atom stereocenters. The third-order valence-electron chi connectivity index (χ3n) is 2.92. The Morgan fingerprint density at radius 3 is 2.30 bits per heavy atom. The summed E-state index contributed by atoms with van der Waals surface area (Å²) in [5, 5.41) is 38.5. The second kappa shape index (κ2) is 5.39. The number of ketones is 1. The molecular weight excluding hydrogens is 301 g/mol.